The van der Waals surface area contributed by atoms with Crippen molar-refractivity contribution in [1.29, 1.82) is 0 Å². The largest absolute Gasteiger partial charge is 0.493 e. The summed E-state index contributed by atoms with van der Waals surface area (Å²) in [4.78, 5) is 28.0. The molecule has 0 aliphatic carbocycles. The number of anilines is 1. The number of methoxy groups -OCH3 is 1. The van der Waals surface area contributed by atoms with E-state index in [1.165, 1.54) is 19.2 Å². The quantitative estimate of drug-likeness (QED) is 0.374. The molecule has 0 bridgehead atoms. The van der Waals surface area contributed by atoms with Crippen molar-refractivity contribution in [3.05, 3.63) is 53.3 Å². The van der Waals surface area contributed by atoms with E-state index < -0.39 is 18.0 Å². The average Bonchev–Trinajstić information content (AvgIpc) is 2.72. The first-order chi connectivity index (χ1) is 13.9. The maximum Gasteiger partial charge on any atom is 0.331 e. The number of aromatic nitrogens is 1. The van der Waals surface area contributed by atoms with Crippen molar-refractivity contribution < 1.29 is 23.8 Å². The van der Waals surface area contributed by atoms with Gasteiger partial charge in [0.25, 0.3) is 5.91 Å². The summed E-state index contributed by atoms with van der Waals surface area (Å²) in [5.74, 6) is 0.0273. The summed E-state index contributed by atoms with van der Waals surface area (Å²) in [7, 11) is 1.55. The number of nitrogens with one attached hydrogen (secondary N) is 1. The number of halogens is 1. The van der Waals surface area contributed by atoms with E-state index in [0.717, 1.165) is 12.0 Å². The molecule has 0 radical (unpaired) electrons. The molecule has 29 heavy (non-hydrogen) atoms. The van der Waals surface area contributed by atoms with Crippen LogP contribution in [0.3, 0.4) is 0 Å². The monoisotopic (exact) mass is 418 g/mol. The fourth-order valence-corrected chi connectivity index (χ4v) is 2.43. The van der Waals surface area contributed by atoms with Gasteiger partial charge in [0, 0.05) is 12.3 Å². The number of ether oxygens (including phenoxy) is 3. The molecule has 0 saturated carbocycles. The lowest BCUT2D eigenvalue weighted by Gasteiger charge is -2.13. The van der Waals surface area contributed by atoms with Gasteiger partial charge < -0.3 is 19.5 Å². The maximum atomic E-state index is 12.2. The highest BCUT2D eigenvalue weighted by atomic mass is 35.5. The van der Waals surface area contributed by atoms with Crippen LogP contribution >= 0.6 is 11.6 Å². The van der Waals surface area contributed by atoms with E-state index >= 15 is 0 Å². The van der Waals surface area contributed by atoms with Crippen LogP contribution in [0.4, 0.5) is 5.69 Å². The Morgan fingerprint density at radius 1 is 1.28 bits per heavy atom. The Kier molecular flexibility index (Phi) is 8.48. The first kappa shape index (κ1) is 22.2. The third kappa shape index (κ3) is 6.80. The zero-order valence-electron chi connectivity index (χ0n) is 16.5. The Morgan fingerprint density at radius 3 is 2.76 bits per heavy atom. The highest BCUT2D eigenvalue weighted by Gasteiger charge is 2.18. The minimum absolute atomic E-state index is 0.152. The summed E-state index contributed by atoms with van der Waals surface area (Å²) in [5.41, 5.74) is 1.07. The summed E-state index contributed by atoms with van der Waals surface area (Å²) in [6, 6.07) is 8.54. The number of nitrogens with zero attached hydrogens (tertiary/aromatic N) is 1. The van der Waals surface area contributed by atoms with Crippen LogP contribution in [-0.2, 0) is 14.3 Å². The van der Waals surface area contributed by atoms with Crippen LogP contribution < -0.4 is 14.8 Å². The third-order valence-electron chi connectivity index (χ3n) is 3.74. The van der Waals surface area contributed by atoms with Crippen molar-refractivity contribution in [2.24, 2.45) is 0 Å². The molecule has 8 heteroatoms. The van der Waals surface area contributed by atoms with E-state index in [4.69, 9.17) is 25.8 Å². The first-order valence-electron chi connectivity index (χ1n) is 9.05. The molecule has 0 spiro atoms. The summed E-state index contributed by atoms with van der Waals surface area (Å²) < 4.78 is 16.0. The van der Waals surface area contributed by atoms with Crippen LogP contribution in [0, 0.1) is 0 Å². The number of esters is 1. The van der Waals surface area contributed by atoms with Gasteiger partial charge in [-0.3, -0.25) is 4.79 Å². The van der Waals surface area contributed by atoms with E-state index in [2.05, 4.69) is 10.3 Å². The molecular formula is C21H23ClN2O5. The molecule has 1 atom stereocenters. The minimum atomic E-state index is -1.01. The molecule has 0 saturated heterocycles. The van der Waals surface area contributed by atoms with Crippen LogP contribution in [0.5, 0.6) is 11.5 Å². The molecule has 7 nitrogen and oxygen atoms in total. The number of carbonyl (C=O) groups excluding carboxylic acids is 2. The molecule has 0 fully saturated rings. The maximum absolute atomic E-state index is 12.2. The van der Waals surface area contributed by atoms with Gasteiger partial charge in [-0.15, -0.1) is 0 Å². The Balaban J connectivity index is 1.94. The second kappa shape index (κ2) is 11.1. The number of amides is 1. The summed E-state index contributed by atoms with van der Waals surface area (Å²) in [6.07, 6.45) is 4.18. The van der Waals surface area contributed by atoms with Crippen LogP contribution in [0.15, 0.2) is 42.6 Å². The SMILES string of the molecule is CCCOc1ccc(/C=C/C(=O)O[C@H](C)C(=O)Nc2cccnc2Cl)cc1OC. The molecule has 1 heterocycles. The Bertz CT molecular complexity index is 885. The fourth-order valence-electron chi connectivity index (χ4n) is 2.26. The Labute approximate surface area is 174 Å². The molecule has 0 unspecified atom stereocenters. The highest BCUT2D eigenvalue weighted by Crippen LogP contribution is 2.28. The molecular weight excluding hydrogens is 396 g/mol. The van der Waals surface area contributed by atoms with Gasteiger partial charge in [-0.2, -0.15) is 0 Å². The second-order valence-electron chi connectivity index (χ2n) is 6.00. The lowest BCUT2D eigenvalue weighted by molar-refractivity contribution is -0.148. The van der Waals surface area contributed by atoms with Gasteiger partial charge in [0.05, 0.1) is 19.4 Å². The van der Waals surface area contributed by atoms with Gasteiger partial charge in [0.2, 0.25) is 0 Å². The van der Waals surface area contributed by atoms with Crippen LogP contribution in [-0.4, -0.2) is 36.7 Å². The van der Waals surface area contributed by atoms with E-state index in [9.17, 15) is 9.59 Å². The highest BCUT2D eigenvalue weighted by molar-refractivity contribution is 6.32. The number of hydrogen-bond acceptors (Lipinski definition) is 6. The van der Waals surface area contributed by atoms with Crippen LogP contribution in [0.25, 0.3) is 6.08 Å². The third-order valence-corrected chi connectivity index (χ3v) is 4.04. The second-order valence-corrected chi connectivity index (χ2v) is 6.36. The average molecular weight is 419 g/mol. The number of benzene rings is 1. The smallest absolute Gasteiger partial charge is 0.331 e. The van der Waals surface area contributed by atoms with Gasteiger partial charge in [0.15, 0.2) is 22.8 Å². The van der Waals surface area contributed by atoms with Crippen molar-refractivity contribution in [3.8, 4) is 11.5 Å². The molecule has 1 amide bonds. The van der Waals surface area contributed by atoms with Crippen molar-refractivity contribution in [2.75, 3.05) is 19.0 Å². The molecule has 2 rings (SSSR count). The van der Waals surface area contributed by atoms with Crippen molar-refractivity contribution in [1.82, 2.24) is 4.98 Å². The zero-order chi connectivity index (χ0) is 21.2. The topological polar surface area (TPSA) is 86.8 Å². The minimum Gasteiger partial charge on any atom is -0.493 e. The Morgan fingerprint density at radius 2 is 2.07 bits per heavy atom. The van der Waals surface area contributed by atoms with Crippen LogP contribution in [0.1, 0.15) is 25.8 Å². The molecule has 1 N–H and O–H groups in total. The molecule has 0 aliphatic rings. The van der Waals surface area contributed by atoms with Crippen molar-refractivity contribution in [2.45, 2.75) is 26.4 Å². The van der Waals surface area contributed by atoms with E-state index in [-0.39, 0.29) is 5.15 Å². The van der Waals surface area contributed by atoms with E-state index in [0.29, 0.717) is 23.8 Å². The lowest BCUT2D eigenvalue weighted by atomic mass is 10.2. The molecule has 2 aromatic rings. The van der Waals surface area contributed by atoms with Crippen LogP contribution in [0.2, 0.25) is 5.15 Å². The molecule has 1 aromatic heterocycles. The van der Waals surface area contributed by atoms with Crippen molar-refractivity contribution in [3.63, 3.8) is 0 Å². The number of carbonyl (C=O) groups is 2. The van der Waals surface area contributed by atoms with Gasteiger partial charge in [0.1, 0.15) is 0 Å². The molecule has 0 aliphatic heterocycles. The van der Waals surface area contributed by atoms with Gasteiger partial charge in [-0.1, -0.05) is 24.6 Å². The van der Waals surface area contributed by atoms with E-state index in [1.807, 2.05) is 6.92 Å². The summed E-state index contributed by atoms with van der Waals surface area (Å²) in [6.45, 7) is 4.07. The van der Waals surface area contributed by atoms with Gasteiger partial charge in [-0.25, -0.2) is 9.78 Å². The number of hydrogen-bond donors (Lipinski definition) is 1. The summed E-state index contributed by atoms with van der Waals surface area (Å²) >= 11 is 5.90. The van der Waals surface area contributed by atoms with E-state index in [1.54, 1.807) is 43.5 Å². The summed E-state index contributed by atoms with van der Waals surface area (Å²) in [5, 5.41) is 2.71. The molecule has 154 valence electrons. The number of rotatable bonds is 9. The van der Waals surface area contributed by atoms with Crippen molar-refractivity contribution >= 4 is 35.2 Å². The van der Waals surface area contributed by atoms with Gasteiger partial charge in [-0.05, 0) is 49.2 Å². The predicted octanol–water partition coefficient (Wildman–Crippen LogP) is 4.12. The predicted molar refractivity (Wildman–Crippen MR) is 111 cm³/mol. The fraction of sp³-hybridized carbons (Fsp3) is 0.286. The Hall–Kier alpha value is -3.06. The standard InChI is InChI=1S/C21H23ClN2O5/c1-4-12-28-17-9-7-15(13-18(17)27-3)8-10-19(25)29-14(2)21(26)24-16-6-5-11-23-20(16)22/h5-11,13-14H,4,12H2,1-3H3,(H,24,26)/b10-8+/t14-/m1/s1. The first-order valence-corrected chi connectivity index (χ1v) is 9.43. The number of pyridine rings is 1. The normalized spacial score (nSPS) is 11.7. The lowest BCUT2D eigenvalue weighted by Crippen LogP contribution is -2.29. The zero-order valence-corrected chi connectivity index (χ0v) is 17.2. The molecule has 1 aromatic carbocycles. The van der Waals surface area contributed by atoms with Gasteiger partial charge >= 0.3 is 5.97 Å².